The van der Waals surface area contributed by atoms with Crippen LogP contribution in [0.5, 0.6) is 0 Å². The van der Waals surface area contributed by atoms with Gasteiger partial charge in [-0.1, -0.05) is 48.6 Å². The molecule has 3 aromatic rings. The van der Waals surface area contributed by atoms with E-state index in [1.165, 1.54) is 0 Å². The predicted molar refractivity (Wildman–Crippen MR) is 119 cm³/mol. The van der Waals surface area contributed by atoms with Gasteiger partial charge < -0.3 is 9.73 Å². The van der Waals surface area contributed by atoms with Crippen LogP contribution < -0.4 is 10.0 Å². The predicted octanol–water partition coefficient (Wildman–Crippen LogP) is 4.63. The lowest BCUT2D eigenvalue weighted by Gasteiger charge is -2.20. The summed E-state index contributed by atoms with van der Waals surface area (Å²) in [7, 11) is 0. The number of thiazole rings is 1. The molecule has 3 atom stereocenters. The lowest BCUT2D eigenvalue weighted by atomic mass is 9.97. The molecular weight excluding hydrogens is 420 g/mol. The van der Waals surface area contributed by atoms with Crippen LogP contribution in [0.15, 0.2) is 70.1 Å². The lowest BCUT2D eigenvalue weighted by Crippen LogP contribution is -2.29. The van der Waals surface area contributed by atoms with Crippen molar-refractivity contribution in [3.05, 3.63) is 76.4 Å². The van der Waals surface area contributed by atoms with Gasteiger partial charge >= 0.3 is 0 Å². The Bertz CT molecular complexity index is 1070. The van der Waals surface area contributed by atoms with Crippen molar-refractivity contribution in [1.29, 1.82) is 0 Å². The third-order valence-electron chi connectivity index (χ3n) is 4.72. The molecule has 0 aliphatic heterocycles. The molecule has 2 aromatic heterocycles. The van der Waals surface area contributed by atoms with Gasteiger partial charge in [0.25, 0.3) is 6.01 Å². The zero-order valence-corrected chi connectivity index (χ0v) is 18.0. The van der Waals surface area contributed by atoms with E-state index in [2.05, 4.69) is 26.1 Å². The normalized spacial score (nSPS) is 18.1. The van der Waals surface area contributed by atoms with Crippen LogP contribution in [0.3, 0.4) is 0 Å². The fourth-order valence-corrected chi connectivity index (χ4v) is 4.36. The number of nitrogens with one attached hydrogen (secondary N) is 2. The SMILES string of the molecule is Cc1nc([C@H](CC2=CCC(NS(=O)O)C=C2)Nc2ncc(-c3ccccc3)o2)cs1. The molecule has 0 saturated carbocycles. The molecule has 0 fully saturated rings. The minimum atomic E-state index is -2.02. The average molecular weight is 443 g/mol. The zero-order chi connectivity index (χ0) is 20.9. The van der Waals surface area contributed by atoms with E-state index in [4.69, 9.17) is 8.97 Å². The first-order chi connectivity index (χ1) is 14.6. The number of nitrogens with zero attached hydrogens (tertiary/aromatic N) is 2. The minimum absolute atomic E-state index is 0.107. The fraction of sp³-hybridized carbons (Fsp3) is 0.238. The number of benzene rings is 1. The van der Waals surface area contributed by atoms with Crippen molar-refractivity contribution in [1.82, 2.24) is 14.7 Å². The number of allylic oxidation sites excluding steroid dienone is 1. The number of aromatic nitrogens is 2. The molecule has 1 aromatic carbocycles. The second-order valence-corrected chi connectivity index (χ2v) is 8.73. The average Bonchev–Trinajstić information content (AvgIpc) is 3.38. The number of hydrogen-bond donors (Lipinski definition) is 3. The molecule has 156 valence electrons. The van der Waals surface area contributed by atoms with Gasteiger partial charge in [0, 0.05) is 17.0 Å². The summed E-state index contributed by atoms with van der Waals surface area (Å²) in [6, 6.07) is 10.0. The highest BCUT2D eigenvalue weighted by Gasteiger charge is 2.20. The summed E-state index contributed by atoms with van der Waals surface area (Å²) in [6.45, 7) is 1.98. The van der Waals surface area contributed by atoms with Gasteiger partial charge in [-0.3, -0.25) is 4.55 Å². The van der Waals surface area contributed by atoms with Crippen LogP contribution in [0.1, 0.15) is 29.6 Å². The molecule has 2 heterocycles. The monoisotopic (exact) mass is 442 g/mol. The third-order valence-corrected chi connectivity index (χ3v) is 6.02. The largest absolute Gasteiger partial charge is 0.424 e. The summed E-state index contributed by atoms with van der Waals surface area (Å²) in [5.41, 5.74) is 3.02. The maximum Gasteiger partial charge on any atom is 0.295 e. The van der Waals surface area contributed by atoms with Gasteiger partial charge in [-0.2, -0.15) is 0 Å². The number of oxazole rings is 1. The summed E-state index contributed by atoms with van der Waals surface area (Å²) in [5, 5.41) is 6.42. The van der Waals surface area contributed by atoms with Crippen LogP contribution in [0.4, 0.5) is 6.01 Å². The van der Waals surface area contributed by atoms with Crippen LogP contribution in [0.25, 0.3) is 11.3 Å². The van der Waals surface area contributed by atoms with E-state index in [0.717, 1.165) is 21.8 Å². The smallest absolute Gasteiger partial charge is 0.295 e. The maximum atomic E-state index is 10.9. The number of aryl methyl sites for hydroxylation is 1. The van der Waals surface area contributed by atoms with Crippen molar-refractivity contribution in [3.63, 3.8) is 0 Å². The molecule has 3 N–H and O–H groups in total. The maximum absolute atomic E-state index is 10.9. The molecule has 1 aliphatic rings. The van der Waals surface area contributed by atoms with Crippen molar-refractivity contribution in [2.24, 2.45) is 0 Å². The van der Waals surface area contributed by atoms with Crippen molar-refractivity contribution in [2.75, 3.05) is 5.32 Å². The van der Waals surface area contributed by atoms with Crippen molar-refractivity contribution in [3.8, 4) is 11.3 Å². The van der Waals surface area contributed by atoms with Gasteiger partial charge in [0.05, 0.1) is 22.9 Å². The second kappa shape index (κ2) is 9.48. The topological polar surface area (TPSA) is 100 Å². The molecule has 1 aliphatic carbocycles. The highest BCUT2D eigenvalue weighted by Crippen LogP contribution is 2.30. The molecule has 0 bridgehead atoms. The van der Waals surface area contributed by atoms with Crippen molar-refractivity contribution >= 4 is 28.6 Å². The minimum Gasteiger partial charge on any atom is -0.424 e. The summed E-state index contributed by atoms with van der Waals surface area (Å²) in [5.74, 6) is 0.703. The van der Waals surface area contributed by atoms with Gasteiger partial charge in [0.1, 0.15) is 0 Å². The molecule has 30 heavy (non-hydrogen) atoms. The highest BCUT2D eigenvalue weighted by molar-refractivity contribution is 7.77. The number of rotatable bonds is 8. The molecule has 0 amide bonds. The number of hydrogen-bond acceptors (Lipinski definition) is 6. The Labute approximate surface area is 181 Å². The van der Waals surface area contributed by atoms with Gasteiger partial charge in [-0.15, -0.1) is 11.3 Å². The first kappa shape index (κ1) is 20.7. The first-order valence-electron chi connectivity index (χ1n) is 9.51. The van der Waals surface area contributed by atoms with Crippen LogP contribution in [-0.2, 0) is 11.3 Å². The van der Waals surface area contributed by atoms with Crippen LogP contribution in [-0.4, -0.2) is 24.8 Å². The van der Waals surface area contributed by atoms with E-state index in [-0.39, 0.29) is 12.1 Å². The van der Waals surface area contributed by atoms with E-state index in [0.29, 0.717) is 24.6 Å². The standard InChI is InChI=1S/C21H22N4O3S2/c1-14-23-19(13-29-14)18(11-15-7-9-17(10-8-15)25-30(26)27)24-21-22-12-20(28-21)16-5-3-2-4-6-16/h2-9,12-13,17-18,25H,10-11H2,1H3,(H,22,24)(H,26,27)/t17?,18-/m0/s1. The Morgan fingerprint density at radius 1 is 1.37 bits per heavy atom. The van der Waals surface area contributed by atoms with Gasteiger partial charge in [0.15, 0.2) is 5.76 Å². The van der Waals surface area contributed by atoms with Gasteiger partial charge in [-0.25, -0.2) is 18.9 Å². The quantitative estimate of drug-likeness (QED) is 0.440. The molecule has 2 unspecified atom stereocenters. The van der Waals surface area contributed by atoms with Crippen LogP contribution in [0, 0.1) is 6.92 Å². The van der Waals surface area contributed by atoms with E-state index < -0.39 is 11.3 Å². The first-order valence-corrected chi connectivity index (χ1v) is 11.5. The third kappa shape index (κ3) is 5.31. The number of anilines is 1. The Balaban J connectivity index is 1.49. The Morgan fingerprint density at radius 3 is 2.87 bits per heavy atom. The molecule has 0 saturated heterocycles. The van der Waals surface area contributed by atoms with Crippen molar-refractivity contribution < 1.29 is 13.2 Å². The van der Waals surface area contributed by atoms with E-state index in [1.807, 2.05) is 54.8 Å². The Morgan fingerprint density at radius 2 is 2.20 bits per heavy atom. The Hall–Kier alpha value is -2.59. The van der Waals surface area contributed by atoms with Gasteiger partial charge in [-0.05, 0) is 25.3 Å². The van der Waals surface area contributed by atoms with Crippen molar-refractivity contribution in [2.45, 2.75) is 31.8 Å². The second-order valence-electron chi connectivity index (χ2n) is 6.94. The summed E-state index contributed by atoms with van der Waals surface area (Å²) in [4.78, 5) is 9.03. The van der Waals surface area contributed by atoms with E-state index >= 15 is 0 Å². The summed E-state index contributed by atoms with van der Waals surface area (Å²) >= 11 is -0.421. The summed E-state index contributed by atoms with van der Waals surface area (Å²) < 4.78 is 28.4. The lowest BCUT2D eigenvalue weighted by molar-refractivity contribution is 0.538. The van der Waals surface area contributed by atoms with Gasteiger partial charge in [0.2, 0.25) is 11.3 Å². The van der Waals surface area contributed by atoms with E-state index in [1.54, 1.807) is 17.5 Å². The van der Waals surface area contributed by atoms with Crippen LogP contribution >= 0.6 is 11.3 Å². The summed E-state index contributed by atoms with van der Waals surface area (Å²) in [6.07, 6.45) is 9.02. The highest BCUT2D eigenvalue weighted by atomic mass is 32.2. The molecule has 7 nitrogen and oxygen atoms in total. The fourth-order valence-electron chi connectivity index (χ4n) is 3.26. The molecule has 4 rings (SSSR count). The van der Waals surface area contributed by atoms with E-state index in [9.17, 15) is 4.21 Å². The Kier molecular flexibility index (Phi) is 6.53. The van der Waals surface area contributed by atoms with Crippen LogP contribution in [0.2, 0.25) is 0 Å². The molecule has 0 spiro atoms. The molecule has 9 heteroatoms. The molecular formula is C21H22N4O3S2. The zero-order valence-electron chi connectivity index (χ0n) is 16.3. The molecule has 0 radical (unpaired) electrons.